The van der Waals surface area contributed by atoms with Gasteiger partial charge in [-0.25, -0.2) is 19.9 Å². The lowest BCUT2D eigenvalue weighted by molar-refractivity contribution is 0.397. The fourth-order valence-electron chi connectivity index (χ4n) is 1.61. The number of rotatable bonds is 5. The van der Waals surface area contributed by atoms with E-state index in [9.17, 15) is 0 Å². The molecule has 6 nitrogen and oxygen atoms in total. The minimum atomic E-state index is 0.488. The molecule has 0 saturated carbocycles. The molecule has 20 heavy (non-hydrogen) atoms. The van der Waals surface area contributed by atoms with E-state index in [4.69, 9.17) is 4.74 Å². The number of nitrogens with one attached hydrogen (secondary N) is 1. The zero-order valence-electron chi connectivity index (χ0n) is 11.6. The van der Waals surface area contributed by atoms with E-state index in [-0.39, 0.29) is 0 Å². The molecule has 0 bridgehead atoms. The maximum Gasteiger partial charge on any atom is 0.216 e. The van der Waals surface area contributed by atoms with E-state index in [1.54, 1.807) is 13.2 Å². The first kappa shape index (κ1) is 14.6. The molecule has 2 rings (SSSR count). The second-order valence-electron chi connectivity index (χ2n) is 4.17. The highest BCUT2D eigenvalue weighted by Gasteiger charge is 2.12. The van der Waals surface area contributed by atoms with Crippen molar-refractivity contribution in [2.45, 2.75) is 20.3 Å². The van der Waals surface area contributed by atoms with Crippen molar-refractivity contribution in [1.82, 2.24) is 19.9 Å². The SMILES string of the molecule is CCCNc1nc(-c2cc(OC)ncn2)nc(C)c1Br. The summed E-state index contributed by atoms with van der Waals surface area (Å²) in [5.41, 5.74) is 1.48. The number of methoxy groups -OCH3 is 1. The number of halogens is 1. The quantitative estimate of drug-likeness (QED) is 0.904. The molecule has 0 amide bonds. The zero-order valence-corrected chi connectivity index (χ0v) is 13.2. The molecule has 0 aliphatic heterocycles. The number of nitrogens with zero attached hydrogens (tertiary/aromatic N) is 4. The fraction of sp³-hybridized carbons (Fsp3) is 0.385. The van der Waals surface area contributed by atoms with Gasteiger partial charge in [-0.1, -0.05) is 6.92 Å². The summed E-state index contributed by atoms with van der Waals surface area (Å²) in [5.74, 6) is 1.80. The highest BCUT2D eigenvalue weighted by atomic mass is 79.9. The highest BCUT2D eigenvalue weighted by Crippen LogP contribution is 2.26. The number of aryl methyl sites for hydroxylation is 1. The summed E-state index contributed by atoms with van der Waals surface area (Å²) >= 11 is 3.50. The van der Waals surface area contributed by atoms with Gasteiger partial charge in [0.1, 0.15) is 17.8 Å². The molecule has 2 heterocycles. The molecular weight excluding hydrogens is 322 g/mol. The number of hydrogen-bond donors (Lipinski definition) is 1. The molecule has 7 heteroatoms. The van der Waals surface area contributed by atoms with Crippen molar-refractivity contribution in [3.05, 3.63) is 22.6 Å². The molecule has 2 aromatic rings. The Bertz CT molecular complexity index is 605. The first-order valence-corrected chi connectivity index (χ1v) is 7.09. The number of ether oxygens (including phenoxy) is 1. The van der Waals surface area contributed by atoms with Crippen LogP contribution in [0.4, 0.5) is 5.82 Å². The van der Waals surface area contributed by atoms with Crippen LogP contribution in [0.25, 0.3) is 11.5 Å². The average Bonchev–Trinajstić information content (AvgIpc) is 2.48. The molecule has 0 saturated heterocycles. The lowest BCUT2D eigenvalue weighted by atomic mass is 10.3. The Hall–Kier alpha value is -1.76. The van der Waals surface area contributed by atoms with Crippen LogP contribution in [0.1, 0.15) is 19.0 Å². The lowest BCUT2D eigenvalue weighted by Crippen LogP contribution is -2.06. The van der Waals surface area contributed by atoms with Gasteiger partial charge >= 0.3 is 0 Å². The maximum absolute atomic E-state index is 5.09. The molecule has 0 aliphatic carbocycles. The second-order valence-corrected chi connectivity index (χ2v) is 4.96. The van der Waals surface area contributed by atoms with Crippen LogP contribution in [0.15, 0.2) is 16.9 Å². The Morgan fingerprint density at radius 1 is 1.30 bits per heavy atom. The minimum absolute atomic E-state index is 0.488. The topological polar surface area (TPSA) is 72.8 Å². The van der Waals surface area contributed by atoms with Crippen LogP contribution < -0.4 is 10.1 Å². The van der Waals surface area contributed by atoms with Crippen LogP contribution in [0.3, 0.4) is 0 Å². The Kier molecular flexibility index (Phi) is 4.84. The first-order valence-electron chi connectivity index (χ1n) is 6.30. The van der Waals surface area contributed by atoms with Crippen molar-refractivity contribution in [3.63, 3.8) is 0 Å². The fourth-order valence-corrected chi connectivity index (χ4v) is 1.93. The van der Waals surface area contributed by atoms with Gasteiger partial charge < -0.3 is 10.1 Å². The van der Waals surface area contributed by atoms with Crippen LogP contribution >= 0.6 is 15.9 Å². The first-order chi connectivity index (χ1) is 9.65. The van der Waals surface area contributed by atoms with Crippen LogP contribution in [0.2, 0.25) is 0 Å². The van der Waals surface area contributed by atoms with E-state index in [0.29, 0.717) is 17.4 Å². The predicted octanol–water partition coefficient (Wildman–Crippen LogP) is 2.84. The van der Waals surface area contributed by atoms with Crippen LogP contribution in [-0.2, 0) is 0 Å². The van der Waals surface area contributed by atoms with Crippen molar-refractivity contribution >= 4 is 21.7 Å². The normalized spacial score (nSPS) is 10.4. The van der Waals surface area contributed by atoms with Gasteiger partial charge in [0.05, 0.1) is 17.3 Å². The number of aromatic nitrogens is 4. The average molecular weight is 338 g/mol. The van der Waals surface area contributed by atoms with E-state index in [1.165, 1.54) is 6.33 Å². The molecule has 0 aromatic carbocycles. The van der Waals surface area contributed by atoms with Gasteiger partial charge in [-0.3, -0.25) is 0 Å². The third kappa shape index (κ3) is 3.22. The smallest absolute Gasteiger partial charge is 0.216 e. The molecule has 0 aliphatic rings. The zero-order chi connectivity index (χ0) is 14.5. The van der Waals surface area contributed by atoms with Gasteiger partial charge in [-0.2, -0.15) is 0 Å². The summed E-state index contributed by atoms with van der Waals surface area (Å²) in [5, 5.41) is 3.27. The largest absolute Gasteiger partial charge is 0.481 e. The van der Waals surface area contributed by atoms with Crippen LogP contribution in [0, 0.1) is 6.92 Å². The molecule has 1 N–H and O–H groups in total. The molecule has 0 spiro atoms. The highest BCUT2D eigenvalue weighted by molar-refractivity contribution is 9.10. The van der Waals surface area contributed by atoms with Crippen LogP contribution in [-0.4, -0.2) is 33.6 Å². The van der Waals surface area contributed by atoms with E-state index in [2.05, 4.69) is 48.1 Å². The van der Waals surface area contributed by atoms with Gasteiger partial charge in [0.25, 0.3) is 0 Å². The maximum atomic E-state index is 5.09. The molecule has 0 radical (unpaired) electrons. The third-order valence-electron chi connectivity index (χ3n) is 2.64. The Labute approximate surface area is 126 Å². The van der Waals surface area contributed by atoms with Crippen molar-refractivity contribution in [2.75, 3.05) is 19.0 Å². The van der Waals surface area contributed by atoms with E-state index < -0.39 is 0 Å². The Balaban J connectivity index is 2.43. The van der Waals surface area contributed by atoms with Crippen LogP contribution in [0.5, 0.6) is 5.88 Å². The summed E-state index contributed by atoms with van der Waals surface area (Å²) < 4.78 is 5.96. The van der Waals surface area contributed by atoms with Gasteiger partial charge in [-0.05, 0) is 29.3 Å². The van der Waals surface area contributed by atoms with Crippen molar-refractivity contribution in [3.8, 4) is 17.4 Å². The monoisotopic (exact) mass is 337 g/mol. The second kappa shape index (κ2) is 6.60. The van der Waals surface area contributed by atoms with E-state index >= 15 is 0 Å². The standard InChI is InChI=1S/C13H16BrN5O/c1-4-5-15-13-11(14)8(2)18-12(19-13)9-6-10(20-3)17-7-16-9/h6-7H,4-5H2,1-3H3,(H,15,18,19). The molecule has 0 atom stereocenters. The summed E-state index contributed by atoms with van der Waals surface area (Å²) in [6, 6.07) is 1.71. The molecule has 2 aromatic heterocycles. The van der Waals surface area contributed by atoms with E-state index in [0.717, 1.165) is 29.0 Å². The van der Waals surface area contributed by atoms with Gasteiger partial charge in [0.15, 0.2) is 5.82 Å². The molecular formula is C13H16BrN5O. The number of anilines is 1. The van der Waals surface area contributed by atoms with Crippen molar-refractivity contribution < 1.29 is 4.74 Å². The lowest BCUT2D eigenvalue weighted by Gasteiger charge is -2.10. The Morgan fingerprint density at radius 3 is 2.80 bits per heavy atom. The summed E-state index contributed by atoms with van der Waals surface area (Å²) in [6.07, 6.45) is 2.46. The van der Waals surface area contributed by atoms with Gasteiger partial charge in [0, 0.05) is 12.6 Å². The minimum Gasteiger partial charge on any atom is -0.481 e. The summed E-state index contributed by atoms with van der Waals surface area (Å²) in [6.45, 7) is 4.87. The van der Waals surface area contributed by atoms with Crippen molar-refractivity contribution in [2.24, 2.45) is 0 Å². The third-order valence-corrected chi connectivity index (χ3v) is 3.59. The predicted molar refractivity (Wildman–Crippen MR) is 80.8 cm³/mol. The van der Waals surface area contributed by atoms with Gasteiger partial charge in [0.2, 0.25) is 5.88 Å². The van der Waals surface area contributed by atoms with Crippen molar-refractivity contribution in [1.29, 1.82) is 0 Å². The molecule has 0 fully saturated rings. The molecule has 0 unspecified atom stereocenters. The Morgan fingerprint density at radius 2 is 2.10 bits per heavy atom. The van der Waals surface area contributed by atoms with E-state index in [1.807, 2.05) is 6.92 Å². The van der Waals surface area contributed by atoms with Gasteiger partial charge in [-0.15, -0.1) is 0 Å². The molecule has 106 valence electrons. The summed E-state index contributed by atoms with van der Waals surface area (Å²) in [7, 11) is 1.56. The summed E-state index contributed by atoms with van der Waals surface area (Å²) in [4.78, 5) is 17.1. The number of hydrogen-bond acceptors (Lipinski definition) is 6.